The molecule has 0 aliphatic rings. The molecule has 2 aromatic heterocycles. The number of sulfone groups is 1. The van der Waals surface area contributed by atoms with Crippen molar-refractivity contribution >= 4 is 32.5 Å². The third-order valence-corrected chi connectivity index (χ3v) is 6.11. The molecule has 27 heavy (non-hydrogen) atoms. The summed E-state index contributed by atoms with van der Waals surface area (Å²) in [4.78, 5) is 11.3. The number of rotatable bonds is 4. The lowest BCUT2D eigenvalue weighted by Gasteiger charge is -2.06. The molecular formula is C19H13ClFN3O2S. The van der Waals surface area contributed by atoms with Gasteiger partial charge in [0.15, 0.2) is 15.7 Å². The average Bonchev–Trinajstić information content (AvgIpc) is 3.07. The van der Waals surface area contributed by atoms with Crippen LogP contribution in [0.3, 0.4) is 0 Å². The number of fused-ring (bicyclic) bond motifs is 1. The normalized spacial score (nSPS) is 11.8. The fourth-order valence-corrected chi connectivity index (χ4v) is 4.43. The largest absolute Gasteiger partial charge is 0.337 e. The molecule has 0 radical (unpaired) electrons. The van der Waals surface area contributed by atoms with Crippen molar-refractivity contribution in [3.8, 4) is 11.5 Å². The zero-order valence-electron chi connectivity index (χ0n) is 13.9. The Hall–Kier alpha value is -2.77. The molecule has 4 rings (SSSR count). The lowest BCUT2D eigenvalue weighted by molar-refractivity contribution is 0.585. The fraction of sp³-hybridized carbons (Fsp3) is 0.0526. The molecule has 136 valence electrons. The van der Waals surface area contributed by atoms with Gasteiger partial charge >= 0.3 is 0 Å². The zero-order chi connectivity index (χ0) is 19.0. The van der Waals surface area contributed by atoms with E-state index in [4.69, 9.17) is 11.6 Å². The van der Waals surface area contributed by atoms with Crippen LogP contribution in [0.5, 0.6) is 0 Å². The Labute approximate surface area is 159 Å². The van der Waals surface area contributed by atoms with Gasteiger partial charge in [-0.3, -0.25) is 0 Å². The van der Waals surface area contributed by atoms with E-state index >= 15 is 0 Å². The van der Waals surface area contributed by atoms with Crippen LogP contribution in [0.15, 0.2) is 65.6 Å². The van der Waals surface area contributed by atoms with Gasteiger partial charge in [0.1, 0.15) is 5.69 Å². The predicted molar refractivity (Wildman–Crippen MR) is 102 cm³/mol. The standard InChI is InChI=1S/C19H13ClFN3O2S/c20-14-5-2-1-4-12(14)11-27(25,26)13-8-9-15-17(10-13)24-19(23-15)16-6-3-7-18(21)22-16/h1-10H,11H2,(H,23,24). The first-order valence-electron chi connectivity index (χ1n) is 8.01. The number of benzene rings is 2. The summed E-state index contributed by atoms with van der Waals surface area (Å²) in [6, 6.07) is 15.8. The molecule has 0 aliphatic heterocycles. The van der Waals surface area contributed by atoms with E-state index in [9.17, 15) is 12.8 Å². The third-order valence-electron chi connectivity index (χ3n) is 4.07. The van der Waals surface area contributed by atoms with Gasteiger partial charge in [0, 0.05) is 5.02 Å². The number of halogens is 2. The molecule has 0 atom stereocenters. The van der Waals surface area contributed by atoms with Gasteiger partial charge in [-0.15, -0.1) is 0 Å². The van der Waals surface area contributed by atoms with Gasteiger partial charge in [0.25, 0.3) is 0 Å². The van der Waals surface area contributed by atoms with Gasteiger partial charge in [-0.1, -0.05) is 35.9 Å². The van der Waals surface area contributed by atoms with Crippen molar-refractivity contribution in [1.29, 1.82) is 0 Å². The van der Waals surface area contributed by atoms with Crippen LogP contribution < -0.4 is 0 Å². The van der Waals surface area contributed by atoms with Gasteiger partial charge in [-0.25, -0.2) is 18.4 Å². The summed E-state index contributed by atoms with van der Waals surface area (Å²) >= 11 is 6.08. The van der Waals surface area contributed by atoms with E-state index < -0.39 is 15.8 Å². The monoisotopic (exact) mass is 401 g/mol. The Bertz CT molecular complexity index is 1250. The molecule has 0 spiro atoms. The number of hydrogen-bond acceptors (Lipinski definition) is 4. The maximum absolute atomic E-state index is 13.3. The van der Waals surface area contributed by atoms with Crippen LogP contribution in [0.2, 0.25) is 5.02 Å². The zero-order valence-corrected chi connectivity index (χ0v) is 15.4. The number of H-pyrrole nitrogens is 1. The molecule has 0 aliphatic carbocycles. The summed E-state index contributed by atoms with van der Waals surface area (Å²) in [5, 5.41) is 0.406. The van der Waals surface area contributed by atoms with Gasteiger partial charge < -0.3 is 4.98 Å². The average molecular weight is 402 g/mol. The van der Waals surface area contributed by atoms with E-state index in [1.54, 1.807) is 36.4 Å². The number of pyridine rings is 1. The molecule has 1 N–H and O–H groups in total. The number of aromatic amines is 1. The minimum absolute atomic E-state index is 0.150. The Morgan fingerprint density at radius 1 is 1.00 bits per heavy atom. The molecule has 2 heterocycles. The molecule has 0 bridgehead atoms. The molecular weight excluding hydrogens is 389 g/mol. The summed E-state index contributed by atoms with van der Waals surface area (Å²) in [6.45, 7) is 0. The van der Waals surface area contributed by atoms with E-state index in [0.717, 1.165) is 0 Å². The molecule has 0 unspecified atom stereocenters. The molecule has 0 fully saturated rings. The van der Waals surface area contributed by atoms with Crippen LogP contribution in [-0.4, -0.2) is 23.4 Å². The van der Waals surface area contributed by atoms with E-state index in [2.05, 4.69) is 15.0 Å². The van der Waals surface area contributed by atoms with Gasteiger partial charge in [-0.2, -0.15) is 4.39 Å². The van der Waals surface area contributed by atoms with Gasteiger partial charge in [0.2, 0.25) is 5.95 Å². The summed E-state index contributed by atoms with van der Waals surface area (Å²) in [5.41, 5.74) is 1.96. The molecule has 5 nitrogen and oxygen atoms in total. The quantitative estimate of drug-likeness (QED) is 0.514. The summed E-state index contributed by atoms with van der Waals surface area (Å²) in [6.07, 6.45) is 0. The van der Waals surface area contributed by atoms with Gasteiger partial charge in [0.05, 0.1) is 21.7 Å². The van der Waals surface area contributed by atoms with E-state index in [-0.39, 0.29) is 10.6 Å². The number of nitrogens with one attached hydrogen (secondary N) is 1. The van der Waals surface area contributed by atoms with Crippen molar-refractivity contribution in [2.24, 2.45) is 0 Å². The van der Waals surface area contributed by atoms with Crippen LogP contribution in [0.1, 0.15) is 5.56 Å². The first-order chi connectivity index (χ1) is 12.9. The summed E-state index contributed by atoms with van der Waals surface area (Å²) in [5.74, 6) is -0.453. The number of hydrogen-bond donors (Lipinski definition) is 1. The number of aromatic nitrogens is 3. The van der Waals surface area contributed by atoms with Crippen molar-refractivity contribution in [3.05, 3.63) is 77.2 Å². The molecule has 0 amide bonds. The van der Waals surface area contributed by atoms with Crippen molar-refractivity contribution in [1.82, 2.24) is 15.0 Å². The second kappa shape index (κ2) is 6.75. The SMILES string of the molecule is O=S(=O)(Cc1ccccc1Cl)c1ccc2nc(-c3cccc(F)n3)[nH]c2c1. The highest BCUT2D eigenvalue weighted by atomic mass is 35.5. The highest BCUT2D eigenvalue weighted by molar-refractivity contribution is 7.90. The third kappa shape index (κ3) is 3.56. The fourth-order valence-electron chi connectivity index (χ4n) is 2.75. The lowest BCUT2D eigenvalue weighted by Crippen LogP contribution is -2.05. The highest BCUT2D eigenvalue weighted by Crippen LogP contribution is 2.25. The first kappa shape index (κ1) is 17.6. The Balaban J connectivity index is 1.72. The van der Waals surface area contributed by atoms with Crippen LogP contribution >= 0.6 is 11.6 Å². The van der Waals surface area contributed by atoms with E-state index in [0.29, 0.717) is 33.1 Å². The first-order valence-corrected chi connectivity index (χ1v) is 10.0. The molecule has 4 aromatic rings. The smallest absolute Gasteiger partial charge is 0.213 e. The summed E-state index contributed by atoms with van der Waals surface area (Å²) < 4.78 is 38.9. The molecule has 0 saturated heterocycles. The second-order valence-electron chi connectivity index (χ2n) is 5.96. The van der Waals surface area contributed by atoms with Crippen LogP contribution in [0.25, 0.3) is 22.6 Å². The highest BCUT2D eigenvalue weighted by Gasteiger charge is 2.18. The van der Waals surface area contributed by atoms with Crippen molar-refractivity contribution in [3.63, 3.8) is 0 Å². The molecule has 8 heteroatoms. The number of imidazole rings is 1. The maximum atomic E-state index is 13.3. The van der Waals surface area contributed by atoms with Crippen LogP contribution in [0, 0.1) is 5.95 Å². The minimum atomic E-state index is -3.60. The summed E-state index contributed by atoms with van der Waals surface area (Å²) in [7, 11) is -3.60. The molecule has 0 saturated carbocycles. The van der Waals surface area contributed by atoms with Crippen LogP contribution in [0.4, 0.5) is 4.39 Å². The maximum Gasteiger partial charge on any atom is 0.213 e. The predicted octanol–water partition coefficient (Wildman–Crippen LogP) is 4.39. The Kier molecular flexibility index (Phi) is 4.41. The van der Waals surface area contributed by atoms with Crippen molar-refractivity contribution in [2.75, 3.05) is 0 Å². The lowest BCUT2D eigenvalue weighted by atomic mass is 10.2. The number of nitrogens with zero attached hydrogens (tertiary/aromatic N) is 2. The molecule has 2 aromatic carbocycles. The van der Waals surface area contributed by atoms with Crippen LogP contribution in [-0.2, 0) is 15.6 Å². The Morgan fingerprint density at radius 3 is 2.59 bits per heavy atom. The van der Waals surface area contributed by atoms with E-state index in [1.165, 1.54) is 24.3 Å². The van der Waals surface area contributed by atoms with Crippen molar-refractivity contribution < 1.29 is 12.8 Å². The Morgan fingerprint density at radius 2 is 1.81 bits per heavy atom. The minimum Gasteiger partial charge on any atom is -0.337 e. The topological polar surface area (TPSA) is 75.7 Å². The van der Waals surface area contributed by atoms with Gasteiger partial charge in [-0.05, 0) is 42.0 Å². The second-order valence-corrected chi connectivity index (χ2v) is 8.36. The van der Waals surface area contributed by atoms with E-state index in [1.807, 2.05) is 0 Å². The van der Waals surface area contributed by atoms with Crippen molar-refractivity contribution in [2.45, 2.75) is 10.6 Å².